The molecule has 0 bridgehead atoms. The number of methoxy groups -OCH3 is 1. The maximum Gasteiger partial charge on any atom is 0.119 e. The number of nitrogens with one attached hydrogen (secondary N) is 1. The van der Waals surface area contributed by atoms with Crippen LogP contribution in [0.15, 0.2) is 24.3 Å². The van der Waals surface area contributed by atoms with E-state index in [2.05, 4.69) is 57.3 Å². The quantitative estimate of drug-likeness (QED) is 0.704. The van der Waals surface area contributed by atoms with Crippen LogP contribution in [0.2, 0.25) is 0 Å². The van der Waals surface area contributed by atoms with Gasteiger partial charge in [-0.3, -0.25) is 0 Å². The van der Waals surface area contributed by atoms with Gasteiger partial charge in [-0.05, 0) is 23.6 Å². The maximum atomic E-state index is 5.72. The Labute approximate surface area is 123 Å². The average molecular weight is 279 g/mol. The summed E-state index contributed by atoms with van der Waals surface area (Å²) in [5.74, 6) is 1.50. The summed E-state index contributed by atoms with van der Waals surface area (Å²) >= 11 is 0. The van der Waals surface area contributed by atoms with Gasteiger partial charge in [-0.2, -0.15) is 0 Å². The highest BCUT2D eigenvalue weighted by atomic mass is 16.5. The van der Waals surface area contributed by atoms with Gasteiger partial charge in [-0.1, -0.05) is 39.8 Å². The third-order valence-corrected chi connectivity index (χ3v) is 3.27. The zero-order chi connectivity index (χ0) is 15.0. The first-order chi connectivity index (χ1) is 9.45. The van der Waals surface area contributed by atoms with Crippen LogP contribution in [0.1, 0.15) is 33.3 Å². The van der Waals surface area contributed by atoms with E-state index in [1.54, 1.807) is 7.11 Å². The Morgan fingerprint density at radius 1 is 1.15 bits per heavy atom. The van der Waals surface area contributed by atoms with Crippen molar-refractivity contribution in [3.63, 3.8) is 0 Å². The molecule has 1 aromatic rings. The predicted molar refractivity (Wildman–Crippen MR) is 84.5 cm³/mol. The molecule has 1 aromatic carbocycles. The normalized spacial score (nSPS) is 11.9. The summed E-state index contributed by atoms with van der Waals surface area (Å²) in [5.41, 5.74) is 1.42. The van der Waals surface area contributed by atoms with E-state index >= 15 is 0 Å². The average Bonchev–Trinajstić information content (AvgIpc) is 2.42. The Hall–Kier alpha value is -1.06. The van der Waals surface area contributed by atoms with E-state index in [1.165, 1.54) is 5.56 Å². The lowest BCUT2D eigenvalue weighted by Gasteiger charge is -2.26. The third-order valence-electron chi connectivity index (χ3n) is 3.27. The maximum absolute atomic E-state index is 5.72. The Balaban J connectivity index is 2.52. The van der Waals surface area contributed by atoms with Crippen LogP contribution in [0.4, 0.5) is 0 Å². The number of rotatable bonds is 9. The van der Waals surface area contributed by atoms with Crippen LogP contribution in [0, 0.1) is 5.92 Å². The second-order valence-electron chi connectivity index (χ2n) is 6.28. The van der Waals surface area contributed by atoms with Gasteiger partial charge < -0.3 is 14.8 Å². The number of hydrogen-bond acceptors (Lipinski definition) is 3. The van der Waals surface area contributed by atoms with Gasteiger partial charge in [0.25, 0.3) is 0 Å². The van der Waals surface area contributed by atoms with Crippen LogP contribution in [-0.4, -0.2) is 33.4 Å². The molecular weight excluding hydrogens is 250 g/mol. The molecule has 0 aromatic heterocycles. The van der Waals surface area contributed by atoms with Gasteiger partial charge in [0.15, 0.2) is 0 Å². The molecule has 1 rings (SSSR count). The molecule has 0 aliphatic rings. The van der Waals surface area contributed by atoms with Gasteiger partial charge in [-0.15, -0.1) is 0 Å². The van der Waals surface area contributed by atoms with E-state index in [4.69, 9.17) is 9.47 Å². The minimum absolute atomic E-state index is 0.102. The number of benzene rings is 1. The van der Waals surface area contributed by atoms with Crippen molar-refractivity contribution in [1.29, 1.82) is 0 Å². The molecule has 114 valence electrons. The zero-order valence-corrected chi connectivity index (χ0v) is 13.5. The summed E-state index contributed by atoms with van der Waals surface area (Å²) in [7, 11) is 1.72. The minimum atomic E-state index is 0.102. The molecule has 0 atom stereocenters. The molecule has 0 fully saturated rings. The molecule has 0 unspecified atom stereocenters. The fraction of sp³-hybridized carbons (Fsp3) is 0.647. The van der Waals surface area contributed by atoms with Crippen molar-refractivity contribution in [2.24, 2.45) is 5.92 Å². The summed E-state index contributed by atoms with van der Waals surface area (Å²) in [6.07, 6.45) is 0. The molecule has 0 spiro atoms. The Bertz CT molecular complexity index is 371. The van der Waals surface area contributed by atoms with Crippen LogP contribution in [0.5, 0.6) is 5.75 Å². The summed E-state index contributed by atoms with van der Waals surface area (Å²) in [4.78, 5) is 0. The van der Waals surface area contributed by atoms with E-state index in [0.29, 0.717) is 5.92 Å². The van der Waals surface area contributed by atoms with Gasteiger partial charge in [0.1, 0.15) is 5.75 Å². The zero-order valence-electron chi connectivity index (χ0n) is 13.5. The predicted octanol–water partition coefficient (Wildman–Crippen LogP) is 3.24. The van der Waals surface area contributed by atoms with E-state index in [0.717, 1.165) is 32.1 Å². The SMILES string of the molecule is COCCNCC(C)(C)c1ccc(OCC(C)C)cc1. The van der Waals surface area contributed by atoms with E-state index in [1.807, 2.05) is 0 Å². The van der Waals surface area contributed by atoms with Gasteiger partial charge in [-0.25, -0.2) is 0 Å². The molecule has 0 radical (unpaired) electrons. The van der Waals surface area contributed by atoms with Gasteiger partial charge in [0.05, 0.1) is 13.2 Å². The van der Waals surface area contributed by atoms with Crippen molar-refractivity contribution < 1.29 is 9.47 Å². The lowest BCUT2D eigenvalue weighted by Crippen LogP contribution is -2.34. The first-order valence-electron chi connectivity index (χ1n) is 7.38. The Morgan fingerprint density at radius 3 is 2.35 bits per heavy atom. The van der Waals surface area contributed by atoms with Gasteiger partial charge >= 0.3 is 0 Å². The van der Waals surface area contributed by atoms with Gasteiger partial charge in [0.2, 0.25) is 0 Å². The number of ether oxygens (including phenoxy) is 2. The van der Waals surface area contributed by atoms with Crippen molar-refractivity contribution in [2.75, 3.05) is 33.4 Å². The van der Waals surface area contributed by atoms with E-state index in [9.17, 15) is 0 Å². The van der Waals surface area contributed by atoms with E-state index in [-0.39, 0.29) is 5.41 Å². The van der Waals surface area contributed by atoms with Crippen molar-refractivity contribution in [2.45, 2.75) is 33.1 Å². The summed E-state index contributed by atoms with van der Waals surface area (Å²) in [6, 6.07) is 8.45. The van der Waals surface area contributed by atoms with Crippen LogP contribution < -0.4 is 10.1 Å². The van der Waals surface area contributed by atoms with Crippen molar-refractivity contribution in [3.8, 4) is 5.75 Å². The summed E-state index contributed by atoms with van der Waals surface area (Å²) in [5, 5.41) is 3.42. The standard InChI is InChI=1S/C17H29NO2/c1-14(2)12-20-16-8-6-15(7-9-16)17(3,4)13-18-10-11-19-5/h6-9,14,18H,10-13H2,1-5H3. The largest absolute Gasteiger partial charge is 0.493 e. The van der Waals surface area contributed by atoms with Crippen LogP contribution in [0.25, 0.3) is 0 Å². The second-order valence-corrected chi connectivity index (χ2v) is 6.28. The van der Waals surface area contributed by atoms with Crippen molar-refractivity contribution in [1.82, 2.24) is 5.32 Å². The first-order valence-corrected chi connectivity index (χ1v) is 7.38. The second kappa shape index (κ2) is 8.28. The van der Waals surface area contributed by atoms with Crippen molar-refractivity contribution >= 4 is 0 Å². The Morgan fingerprint density at radius 2 is 1.80 bits per heavy atom. The van der Waals surface area contributed by atoms with Crippen LogP contribution in [-0.2, 0) is 10.2 Å². The molecule has 0 saturated heterocycles. The lowest BCUT2D eigenvalue weighted by molar-refractivity contribution is 0.197. The first kappa shape index (κ1) is 17.0. The molecular formula is C17H29NO2. The van der Waals surface area contributed by atoms with E-state index < -0.39 is 0 Å². The summed E-state index contributed by atoms with van der Waals surface area (Å²) < 4.78 is 10.8. The number of hydrogen-bond donors (Lipinski definition) is 1. The lowest BCUT2D eigenvalue weighted by atomic mass is 9.84. The fourth-order valence-electron chi connectivity index (χ4n) is 1.94. The molecule has 0 aliphatic carbocycles. The molecule has 3 nitrogen and oxygen atoms in total. The molecule has 0 aliphatic heterocycles. The minimum Gasteiger partial charge on any atom is -0.493 e. The molecule has 0 heterocycles. The molecule has 1 N–H and O–H groups in total. The topological polar surface area (TPSA) is 30.5 Å². The Kier molecular flexibility index (Phi) is 7.03. The van der Waals surface area contributed by atoms with Crippen molar-refractivity contribution in [3.05, 3.63) is 29.8 Å². The fourth-order valence-corrected chi connectivity index (χ4v) is 1.94. The van der Waals surface area contributed by atoms with Crippen LogP contribution in [0.3, 0.4) is 0 Å². The molecule has 0 amide bonds. The highest BCUT2D eigenvalue weighted by molar-refractivity contribution is 5.31. The third kappa shape index (κ3) is 5.93. The van der Waals surface area contributed by atoms with Gasteiger partial charge in [0, 0.05) is 25.6 Å². The highest BCUT2D eigenvalue weighted by Crippen LogP contribution is 2.24. The molecule has 20 heavy (non-hydrogen) atoms. The molecule has 3 heteroatoms. The van der Waals surface area contributed by atoms with Crippen LogP contribution >= 0.6 is 0 Å². The smallest absolute Gasteiger partial charge is 0.119 e. The highest BCUT2D eigenvalue weighted by Gasteiger charge is 2.19. The molecule has 0 saturated carbocycles. The summed E-state index contributed by atoms with van der Waals surface area (Å²) in [6.45, 7) is 12.1. The monoisotopic (exact) mass is 279 g/mol.